The number of pyridine rings is 1. The monoisotopic (exact) mass is 334 g/mol. The Kier molecular flexibility index (Phi) is 5.05. The van der Waals surface area contributed by atoms with Gasteiger partial charge in [-0.25, -0.2) is 4.79 Å². The minimum Gasteiger partial charge on any atom is -0.332 e. The van der Waals surface area contributed by atoms with Crippen molar-refractivity contribution in [1.82, 2.24) is 15.6 Å². The van der Waals surface area contributed by atoms with Gasteiger partial charge in [-0.1, -0.05) is 6.42 Å². The third kappa shape index (κ3) is 4.16. The van der Waals surface area contributed by atoms with Crippen molar-refractivity contribution in [2.75, 3.05) is 11.1 Å². The lowest BCUT2D eigenvalue weighted by Crippen LogP contribution is -2.36. The second kappa shape index (κ2) is 7.21. The summed E-state index contributed by atoms with van der Waals surface area (Å²) in [5.74, 6) is 1.03. The second-order valence-corrected chi connectivity index (χ2v) is 7.37. The van der Waals surface area contributed by atoms with E-state index in [-0.39, 0.29) is 24.0 Å². The summed E-state index contributed by atoms with van der Waals surface area (Å²) in [5, 5.41) is 9.31. The van der Waals surface area contributed by atoms with Gasteiger partial charge in [0, 0.05) is 35.0 Å². The molecular weight excluding hydrogens is 312 g/mol. The van der Waals surface area contributed by atoms with Crippen LogP contribution in [0.4, 0.5) is 10.5 Å². The van der Waals surface area contributed by atoms with E-state index in [1.807, 2.05) is 24.8 Å². The summed E-state index contributed by atoms with van der Waals surface area (Å²) < 4.78 is 0. The van der Waals surface area contributed by atoms with E-state index < -0.39 is 0 Å². The molecule has 2 aliphatic heterocycles. The quantitative estimate of drug-likeness (QED) is 0.549. The summed E-state index contributed by atoms with van der Waals surface area (Å²) in [7, 11) is 0. The van der Waals surface area contributed by atoms with E-state index in [1.165, 1.54) is 0 Å². The molecule has 2 aliphatic rings. The van der Waals surface area contributed by atoms with Crippen LogP contribution in [0.3, 0.4) is 0 Å². The molecule has 1 aromatic heterocycles. The molecule has 3 heterocycles. The summed E-state index contributed by atoms with van der Waals surface area (Å²) in [4.78, 5) is 27.4. The fourth-order valence-electron chi connectivity index (χ4n) is 3.12. The van der Waals surface area contributed by atoms with E-state index in [4.69, 9.17) is 0 Å². The van der Waals surface area contributed by atoms with Gasteiger partial charge in [-0.05, 0) is 31.9 Å². The maximum atomic E-state index is 11.9. The summed E-state index contributed by atoms with van der Waals surface area (Å²) in [6.45, 7) is 1.90. The molecule has 3 rings (SSSR count). The number of carbonyl (C=O) groups is 2. The zero-order chi connectivity index (χ0) is 16.2. The van der Waals surface area contributed by atoms with Gasteiger partial charge in [0.25, 0.3) is 0 Å². The predicted molar refractivity (Wildman–Crippen MR) is 91.6 cm³/mol. The molecule has 0 saturated carbocycles. The van der Waals surface area contributed by atoms with Gasteiger partial charge in [0.2, 0.25) is 5.91 Å². The molecule has 2 saturated heterocycles. The normalized spacial score (nSPS) is 25.6. The fourth-order valence-corrected chi connectivity index (χ4v) is 4.66. The second-order valence-electron chi connectivity index (χ2n) is 6.10. The maximum absolute atomic E-state index is 11.9. The van der Waals surface area contributed by atoms with Crippen LogP contribution in [0.25, 0.3) is 0 Å². The highest BCUT2D eigenvalue weighted by Gasteiger charge is 2.42. The number of anilines is 1. The van der Waals surface area contributed by atoms with Crippen LogP contribution >= 0.6 is 11.8 Å². The number of hydrogen-bond acceptors (Lipinski definition) is 4. The number of nitrogens with one attached hydrogen (secondary N) is 3. The van der Waals surface area contributed by atoms with Gasteiger partial charge in [0.05, 0.1) is 12.1 Å². The molecule has 7 heteroatoms. The van der Waals surface area contributed by atoms with E-state index in [2.05, 4.69) is 20.9 Å². The Morgan fingerprint density at radius 2 is 2.30 bits per heavy atom. The SMILES string of the molecule is Cc1cc(NC(=O)CCCC[C@@H]2SC[C@H]3NC(=O)N[C@@H]23)ccn1. The third-order valence-corrected chi connectivity index (χ3v) is 5.77. The molecule has 3 atom stereocenters. The first kappa shape index (κ1) is 16.1. The number of nitrogens with zero attached hydrogens (tertiary/aromatic N) is 1. The number of thioether (sulfide) groups is 1. The average molecular weight is 334 g/mol. The molecule has 0 aromatic carbocycles. The van der Waals surface area contributed by atoms with Crippen LogP contribution in [0.5, 0.6) is 0 Å². The van der Waals surface area contributed by atoms with Crippen molar-refractivity contribution in [3.63, 3.8) is 0 Å². The molecule has 0 spiro atoms. The number of urea groups is 1. The lowest BCUT2D eigenvalue weighted by Gasteiger charge is -2.16. The molecule has 0 radical (unpaired) electrons. The highest BCUT2D eigenvalue weighted by molar-refractivity contribution is 8.00. The molecule has 124 valence electrons. The van der Waals surface area contributed by atoms with Crippen LogP contribution in [-0.4, -0.2) is 40.0 Å². The third-order valence-electron chi connectivity index (χ3n) is 4.26. The van der Waals surface area contributed by atoms with Gasteiger partial charge in [-0.3, -0.25) is 9.78 Å². The van der Waals surface area contributed by atoms with Gasteiger partial charge in [-0.2, -0.15) is 11.8 Å². The van der Waals surface area contributed by atoms with E-state index in [1.54, 1.807) is 12.3 Å². The molecule has 1 aromatic rings. The van der Waals surface area contributed by atoms with Crippen molar-refractivity contribution in [2.45, 2.75) is 49.9 Å². The van der Waals surface area contributed by atoms with Crippen molar-refractivity contribution in [2.24, 2.45) is 0 Å². The predicted octanol–water partition coefficient (Wildman–Crippen LogP) is 2.05. The minimum atomic E-state index is -0.0441. The van der Waals surface area contributed by atoms with Crippen molar-refractivity contribution in [3.05, 3.63) is 24.0 Å². The number of fused-ring (bicyclic) bond motifs is 1. The van der Waals surface area contributed by atoms with Crippen molar-refractivity contribution >= 4 is 29.4 Å². The molecule has 23 heavy (non-hydrogen) atoms. The number of amides is 3. The van der Waals surface area contributed by atoms with Crippen molar-refractivity contribution in [3.8, 4) is 0 Å². The van der Waals surface area contributed by atoms with Gasteiger partial charge in [0.1, 0.15) is 0 Å². The molecular formula is C16H22N4O2S. The highest BCUT2D eigenvalue weighted by atomic mass is 32.2. The number of aromatic nitrogens is 1. The number of carbonyl (C=O) groups excluding carboxylic acids is 2. The molecule has 0 bridgehead atoms. The minimum absolute atomic E-state index is 0.0441. The van der Waals surface area contributed by atoms with Crippen LogP contribution < -0.4 is 16.0 Å². The van der Waals surface area contributed by atoms with Gasteiger partial charge >= 0.3 is 6.03 Å². The van der Waals surface area contributed by atoms with Crippen LogP contribution in [0.1, 0.15) is 31.4 Å². The lowest BCUT2D eigenvalue weighted by atomic mass is 10.0. The first-order chi connectivity index (χ1) is 11.1. The molecule has 6 nitrogen and oxygen atoms in total. The van der Waals surface area contributed by atoms with Crippen LogP contribution in [-0.2, 0) is 4.79 Å². The van der Waals surface area contributed by atoms with Crippen molar-refractivity contribution < 1.29 is 9.59 Å². The number of rotatable bonds is 6. The molecule has 0 unspecified atom stereocenters. The Morgan fingerprint density at radius 3 is 3.13 bits per heavy atom. The Bertz CT molecular complexity index is 595. The molecule has 3 N–H and O–H groups in total. The largest absolute Gasteiger partial charge is 0.332 e. The maximum Gasteiger partial charge on any atom is 0.315 e. The van der Waals surface area contributed by atoms with Gasteiger partial charge < -0.3 is 16.0 Å². The summed E-state index contributed by atoms with van der Waals surface area (Å²) in [6, 6.07) is 4.15. The van der Waals surface area contributed by atoms with Crippen molar-refractivity contribution in [1.29, 1.82) is 0 Å². The Balaban J connectivity index is 1.35. The lowest BCUT2D eigenvalue weighted by molar-refractivity contribution is -0.116. The van der Waals surface area contributed by atoms with Gasteiger partial charge in [-0.15, -0.1) is 0 Å². The van der Waals surface area contributed by atoms with E-state index in [0.29, 0.717) is 11.7 Å². The van der Waals surface area contributed by atoms with Crippen LogP contribution in [0.15, 0.2) is 18.3 Å². The summed E-state index contributed by atoms with van der Waals surface area (Å²) >= 11 is 1.91. The Labute approximate surface area is 140 Å². The zero-order valence-electron chi connectivity index (χ0n) is 13.2. The number of unbranched alkanes of at least 4 members (excludes halogenated alkanes) is 1. The smallest absolute Gasteiger partial charge is 0.315 e. The molecule has 3 amide bonds. The first-order valence-electron chi connectivity index (χ1n) is 8.03. The highest BCUT2D eigenvalue weighted by Crippen LogP contribution is 2.33. The summed E-state index contributed by atoms with van der Waals surface area (Å²) in [5.41, 5.74) is 1.69. The topological polar surface area (TPSA) is 83.1 Å². The van der Waals surface area contributed by atoms with Crippen LogP contribution in [0.2, 0.25) is 0 Å². The van der Waals surface area contributed by atoms with E-state index >= 15 is 0 Å². The number of hydrogen-bond donors (Lipinski definition) is 3. The van der Waals surface area contributed by atoms with E-state index in [9.17, 15) is 9.59 Å². The Hall–Kier alpha value is -1.76. The first-order valence-corrected chi connectivity index (χ1v) is 9.08. The van der Waals surface area contributed by atoms with Crippen LogP contribution in [0, 0.1) is 6.92 Å². The zero-order valence-corrected chi connectivity index (χ0v) is 14.0. The Morgan fingerprint density at radius 1 is 1.43 bits per heavy atom. The average Bonchev–Trinajstić information content (AvgIpc) is 3.03. The molecule has 0 aliphatic carbocycles. The van der Waals surface area contributed by atoms with E-state index in [0.717, 1.165) is 36.4 Å². The number of aryl methyl sites for hydroxylation is 1. The summed E-state index contributed by atoms with van der Waals surface area (Å²) in [6.07, 6.45) is 5.13. The standard InChI is InChI=1S/C16H22N4O2S/c1-10-8-11(6-7-17-10)18-14(21)5-3-2-4-13-15-12(9-23-13)19-16(22)20-15/h6-8,12-13,15H,2-5,9H2,1H3,(H,17,18,21)(H2,19,20,22)/t12-,13+,15-/m1/s1. The molecule has 2 fully saturated rings. The fraction of sp³-hybridized carbons (Fsp3) is 0.562. The van der Waals surface area contributed by atoms with Gasteiger partial charge in [0.15, 0.2) is 0 Å².